The van der Waals surface area contributed by atoms with Crippen LogP contribution in [0.3, 0.4) is 0 Å². The van der Waals surface area contributed by atoms with Crippen LogP contribution in [-0.2, 0) is 4.74 Å². The molecule has 3 aliphatic rings. The van der Waals surface area contributed by atoms with Crippen LogP contribution in [-0.4, -0.2) is 36.0 Å². The smallest absolute Gasteiger partial charge is 0.147 e. The van der Waals surface area contributed by atoms with Gasteiger partial charge in [-0.15, -0.1) is 10.2 Å². The maximum Gasteiger partial charge on any atom is 0.147 e. The van der Waals surface area contributed by atoms with Crippen molar-refractivity contribution in [3.63, 3.8) is 0 Å². The average molecular weight is 496 g/mol. The van der Waals surface area contributed by atoms with E-state index in [1.54, 1.807) is 0 Å². The molecule has 5 rings (SSSR count). The van der Waals surface area contributed by atoms with Crippen molar-refractivity contribution in [2.24, 2.45) is 17.8 Å². The molecule has 0 N–H and O–H groups in total. The zero-order chi connectivity index (χ0) is 24.3. The van der Waals surface area contributed by atoms with Gasteiger partial charge in [0.2, 0.25) is 0 Å². The summed E-state index contributed by atoms with van der Waals surface area (Å²) in [6, 6.07) is 9.07. The van der Waals surface area contributed by atoms with Crippen LogP contribution in [0, 0.1) is 17.8 Å². The van der Waals surface area contributed by atoms with Crippen molar-refractivity contribution in [1.82, 2.24) is 10.2 Å². The number of methoxy groups -OCH3 is 1. The van der Waals surface area contributed by atoms with E-state index in [0.717, 1.165) is 48.7 Å². The van der Waals surface area contributed by atoms with Gasteiger partial charge in [-0.25, -0.2) is 0 Å². The highest BCUT2D eigenvalue weighted by atomic mass is 32.1. The van der Waals surface area contributed by atoms with Crippen LogP contribution in [0.5, 0.6) is 0 Å². The van der Waals surface area contributed by atoms with Gasteiger partial charge in [0.1, 0.15) is 10.0 Å². The largest absolute Gasteiger partial charge is 0.378 e. The van der Waals surface area contributed by atoms with Crippen molar-refractivity contribution in [2.45, 2.75) is 102 Å². The van der Waals surface area contributed by atoms with E-state index in [9.17, 15) is 0 Å². The summed E-state index contributed by atoms with van der Waals surface area (Å²) in [4.78, 5) is 2.55. The number of anilines is 1. The summed E-state index contributed by atoms with van der Waals surface area (Å²) in [6.45, 7) is 6.88. The molecule has 0 radical (unpaired) electrons. The van der Waals surface area contributed by atoms with Gasteiger partial charge in [0.15, 0.2) is 0 Å². The van der Waals surface area contributed by atoms with Gasteiger partial charge in [-0.2, -0.15) is 0 Å². The number of ether oxygens (including phenoxy) is 1. The molecule has 2 aliphatic carbocycles. The molecule has 2 saturated carbocycles. The Balaban J connectivity index is 1.17. The van der Waals surface area contributed by atoms with Gasteiger partial charge in [0.05, 0.1) is 5.60 Å². The predicted octanol–water partition coefficient (Wildman–Crippen LogP) is 8.09. The second-order valence-corrected chi connectivity index (χ2v) is 12.9. The Morgan fingerprint density at radius 1 is 0.943 bits per heavy atom. The van der Waals surface area contributed by atoms with E-state index in [-0.39, 0.29) is 5.60 Å². The molecule has 1 aliphatic heterocycles. The molecule has 1 aromatic heterocycles. The molecule has 2 aromatic rings. The number of benzene rings is 1. The zero-order valence-corrected chi connectivity index (χ0v) is 23.0. The minimum absolute atomic E-state index is 0.105. The van der Waals surface area contributed by atoms with Crippen molar-refractivity contribution in [1.29, 1.82) is 0 Å². The Hall–Kier alpha value is -1.46. The zero-order valence-electron chi connectivity index (χ0n) is 22.2. The molecule has 3 fully saturated rings. The molecule has 0 atom stereocenters. The van der Waals surface area contributed by atoms with E-state index in [4.69, 9.17) is 4.74 Å². The first kappa shape index (κ1) is 25.2. The van der Waals surface area contributed by atoms with Crippen molar-refractivity contribution in [3.8, 4) is 10.6 Å². The van der Waals surface area contributed by atoms with Crippen LogP contribution in [0.4, 0.5) is 5.69 Å². The molecule has 5 heteroatoms. The van der Waals surface area contributed by atoms with Gasteiger partial charge in [-0.05, 0) is 99.8 Å². The second-order valence-electron chi connectivity index (χ2n) is 11.9. The fourth-order valence-electron chi connectivity index (χ4n) is 7.19. The first-order valence-electron chi connectivity index (χ1n) is 14.3. The van der Waals surface area contributed by atoms with Crippen LogP contribution in [0.1, 0.15) is 102 Å². The lowest BCUT2D eigenvalue weighted by Crippen LogP contribution is -2.50. The third-order valence-corrected chi connectivity index (χ3v) is 10.4. The molecule has 0 amide bonds. The van der Waals surface area contributed by atoms with E-state index in [2.05, 4.69) is 53.2 Å². The van der Waals surface area contributed by atoms with Gasteiger partial charge < -0.3 is 9.64 Å². The number of piperidine rings is 1. The lowest BCUT2D eigenvalue weighted by atomic mass is 9.72. The van der Waals surface area contributed by atoms with E-state index in [1.165, 1.54) is 80.5 Å². The minimum Gasteiger partial charge on any atom is -0.378 e. The van der Waals surface area contributed by atoms with Crippen LogP contribution in [0.25, 0.3) is 10.6 Å². The van der Waals surface area contributed by atoms with E-state index >= 15 is 0 Å². The quantitative estimate of drug-likeness (QED) is 0.389. The number of aromatic nitrogens is 2. The van der Waals surface area contributed by atoms with Gasteiger partial charge in [-0.3, -0.25) is 0 Å². The summed E-state index contributed by atoms with van der Waals surface area (Å²) < 4.78 is 6.21. The maximum absolute atomic E-state index is 6.21. The van der Waals surface area contributed by atoms with Crippen LogP contribution in [0.2, 0.25) is 0 Å². The summed E-state index contributed by atoms with van der Waals surface area (Å²) in [5.74, 6) is 3.10. The van der Waals surface area contributed by atoms with Crippen LogP contribution >= 0.6 is 11.3 Å². The Bertz CT molecular complexity index is 917. The third kappa shape index (κ3) is 5.77. The normalized spacial score (nSPS) is 25.8. The Kier molecular flexibility index (Phi) is 8.13. The average Bonchev–Trinajstić information content (AvgIpc) is 3.40. The van der Waals surface area contributed by atoms with Crippen molar-refractivity contribution in [2.75, 3.05) is 25.1 Å². The highest BCUT2D eigenvalue weighted by molar-refractivity contribution is 7.14. The van der Waals surface area contributed by atoms with Crippen molar-refractivity contribution < 1.29 is 4.74 Å². The Morgan fingerprint density at radius 3 is 2.26 bits per heavy atom. The second kappa shape index (κ2) is 11.3. The molecule has 1 saturated heterocycles. The van der Waals surface area contributed by atoms with E-state index < -0.39 is 0 Å². The maximum atomic E-state index is 6.21. The highest BCUT2D eigenvalue weighted by Crippen LogP contribution is 2.43. The predicted molar refractivity (Wildman–Crippen MR) is 147 cm³/mol. The molecule has 4 nitrogen and oxygen atoms in total. The van der Waals surface area contributed by atoms with E-state index in [0.29, 0.717) is 5.92 Å². The Morgan fingerprint density at radius 2 is 1.63 bits per heavy atom. The van der Waals surface area contributed by atoms with Gasteiger partial charge in [0.25, 0.3) is 0 Å². The van der Waals surface area contributed by atoms with Gasteiger partial charge >= 0.3 is 0 Å². The molecule has 1 aromatic carbocycles. The first-order chi connectivity index (χ1) is 17.1. The lowest BCUT2D eigenvalue weighted by Gasteiger charge is -2.47. The Labute approximate surface area is 216 Å². The summed E-state index contributed by atoms with van der Waals surface area (Å²) in [6.07, 6.45) is 15.8. The van der Waals surface area contributed by atoms with Crippen LogP contribution < -0.4 is 4.90 Å². The fraction of sp³-hybridized carbons (Fsp3) is 0.733. The lowest BCUT2D eigenvalue weighted by molar-refractivity contribution is -0.0856. The van der Waals surface area contributed by atoms with Gasteiger partial charge in [0, 0.05) is 37.4 Å². The third-order valence-electron chi connectivity index (χ3n) is 9.29. The molecule has 0 unspecified atom stereocenters. The monoisotopic (exact) mass is 495 g/mol. The summed E-state index contributed by atoms with van der Waals surface area (Å²) >= 11 is 1.82. The standard InChI is InChI=1S/C30H45N3OS/c1-22(2)21-23-9-11-24(12-10-23)28-31-32-29(35-28)25-13-15-27(16-14-25)33-19-17-30(34-3,18-20-33)26-7-5-4-6-8-26/h13-16,22-24,26H,4-12,17-21H2,1-3H3. The number of nitrogens with zero attached hydrogens (tertiary/aromatic N) is 3. The van der Waals surface area contributed by atoms with Crippen LogP contribution in [0.15, 0.2) is 24.3 Å². The molecular formula is C30H45N3OS. The molecule has 192 valence electrons. The minimum atomic E-state index is 0.105. The molecule has 0 spiro atoms. The molecular weight excluding hydrogens is 450 g/mol. The van der Waals surface area contributed by atoms with E-state index in [1.807, 2.05) is 18.4 Å². The van der Waals surface area contributed by atoms with Crippen molar-refractivity contribution >= 4 is 17.0 Å². The summed E-state index contributed by atoms with van der Waals surface area (Å²) in [5.41, 5.74) is 2.64. The highest BCUT2D eigenvalue weighted by Gasteiger charge is 2.42. The van der Waals surface area contributed by atoms with Crippen molar-refractivity contribution in [3.05, 3.63) is 29.3 Å². The molecule has 2 heterocycles. The SMILES string of the molecule is COC1(C2CCCCC2)CCN(c2ccc(-c3nnc(C4CCC(CC(C)C)CC4)s3)cc2)CC1. The summed E-state index contributed by atoms with van der Waals surface area (Å²) in [7, 11) is 1.95. The summed E-state index contributed by atoms with van der Waals surface area (Å²) in [5, 5.41) is 11.5. The number of hydrogen-bond acceptors (Lipinski definition) is 5. The first-order valence-corrected chi connectivity index (χ1v) is 15.1. The number of rotatable bonds is 7. The molecule has 0 bridgehead atoms. The number of hydrogen-bond donors (Lipinski definition) is 0. The van der Waals surface area contributed by atoms with Gasteiger partial charge in [-0.1, -0.05) is 44.4 Å². The fourth-order valence-corrected chi connectivity index (χ4v) is 8.21. The molecule has 35 heavy (non-hydrogen) atoms. The topological polar surface area (TPSA) is 38.2 Å².